The van der Waals surface area contributed by atoms with E-state index in [-0.39, 0.29) is 17.9 Å². The van der Waals surface area contributed by atoms with Gasteiger partial charge in [0.05, 0.1) is 17.7 Å². The highest BCUT2D eigenvalue weighted by Gasteiger charge is 2.42. The number of nitrogens with zero attached hydrogens (tertiary/aromatic N) is 2. The van der Waals surface area contributed by atoms with Crippen LogP contribution < -0.4 is 5.32 Å². The molecule has 1 aliphatic heterocycles. The van der Waals surface area contributed by atoms with Gasteiger partial charge in [-0.2, -0.15) is 0 Å². The van der Waals surface area contributed by atoms with Crippen molar-refractivity contribution in [1.82, 2.24) is 9.88 Å². The highest BCUT2D eigenvalue weighted by molar-refractivity contribution is 7.15. The number of nitrogens with one attached hydrogen (secondary N) is 1. The zero-order valence-electron chi connectivity index (χ0n) is 16.0. The van der Waals surface area contributed by atoms with Gasteiger partial charge in [0, 0.05) is 17.5 Å². The fraction of sp³-hybridized carbons (Fsp3) is 0.227. The number of hydrogen-bond donors (Lipinski definition) is 1. The van der Waals surface area contributed by atoms with Crippen molar-refractivity contribution in [3.05, 3.63) is 81.9 Å². The zero-order valence-corrected chi connectivity index (χ0v) is 16.8. The molecule has 0 bridgehead atoms. The Kier molecular flexibility index (Phi) is 4.73. The van der Waals surface area contributed by atoms with Crippen LogP contribution in [0.3, 0.4) is 0 Å². The summed E-state index contributed by atoms with van der Waals surface area (Å²) in [5.74, 6) is -0.755. The number of aryl methyl sites for hydroxylation is 2. The molecule has 0 radical (unpaired) electrons. The molecule has 4 rings (SSSR count). The van der Waals surface area contributed by atoms with Gasteiger partial charge in [0.2, 0.25) is 5.91 Å². The van der Waals surface area contributed by atoms with Crippen molar-refractivity contribution in [3.8, 4) is 0 Å². The first-order valence-electron chi connectivity index (χ1n) is 9.13. The molecule has 2 atom stereocenters. The first-order chi connectivity index (χ1) is 13.5. The maximum absolute atomic E-state index is 13.4. The minimum absolute atomic E-state index is 0.0746. The molecule has 1 N–H and O–H groups in total. The number of anilines is 1. The third-order valence-electron chi connectivity index (χ3n) is 5.26. The number of hydrogen-bond acceptors (Lipinski definition) is 4. The van der Waals surface area contributed by atoms with Gasteiger partial charge in [-0.1, -0.05) is 48.5 Å². The molecule has 2 heterocycles. The lowest BCUT2D eigenvalue weighted by Crippen LogP contribution is -2.44. The van der Waals surface area contributed by atoms with E-state index < -0.39 is 5.92 Å². The van der Waals surface area contributed by atoms with Crippen molar-refractivity contribution in [2.24, 2.45) is 0 Å². The van der Waals surface area contributed by atoms with Crippen LogP contribution >= 0.6 is 11.3 Å². The lowest BCUT2D eigenvalue weighted by molar-refractivity contribution is -0.119. The second kappa shape index (κ2) is 7.20. The van der Waals surface area contributed by atoms with Crippen LogP contribution in [0.15, 0.2) is 54.6 Å². The van der Waals surface area contributed by atoms with Crippen molar-refractivity contribution >= 4 is 28.3 Å². The highest BCUT2D eigenvalue weighted by Crippen LogP contribution is 2.42. The molecule has 1 aromatic heterocycles. The maximum atomic E-state index is 13.4. The van der Waals surface area contributed by atoms with Crippen LogP contribution in [0.1, 0.15) is 44.0 Å². The number of amides is 2. The molecule has 0 saturated carbocycles. The topological polar surface area (TPSA) is 62.3 Å². The van der Waals surface area contributed by atoms with Crippen LogP contribution in [-0.2, 0) is 4.79 Å². The standard InChI is InChI=1S/C22H21N3O2S/c1-13-14(2)28-22(23-13)24-20(26)18-16-11-7-8-12-17(16)21(27)25(3)19(18)15-9-5-4-6-10-15/h4-12,18-19H,1-3H3,(H,23,24,26)/t18-,19-/m0/s1. The fourth-order valence-corrected chi connectivity index (χ4v) is 4.55. The van der Waals surface area contributed by atoms with Crippen molar-refractivity contribution in [2.45, 2.75) is 25.8 Å². The van der Waals surface area contributed by atoms with Crippen LogP contribution in [0.5, 0.6) is 0 Å². The van der Waals surface area contributed by atoms with Gasteiger partial charge < -0.3 is 10.2 Å². The predicted octanol–water partition coefficient (Wildman–Crippen LogP) is 4.31. The minimum atomic E-state index is -0.522. The van der Waals surface area contributed by atoms with E-state index in [0.29, 0.717) is 10.7 Å². The van der Waals surface area contributed by atoms with Gasteiger partial charge >= 0.3 is 0 Å². The van der Waals surface area contributed by atoms with Gasteiger partial charge in [-0.3, -0.25) is 9.59 Å². The van der Waals surface area contributed by atoms with E-state index in [4.69, 9.17) is 0 Å². The number of rotatable bonds is 3. The average molecular weight is 391 g/mol. The van der Waals surface area contributed by atoms with Gasteiger partial charge in [0.25, 0.3) is 5.91 Å². The van der Waals surface area contributed by atoms with Gasteiger partial charge in [-0.05, 0) is 31.0 Å². The van der Waals surface area contributed by atoms with Gasteiger partial charge in [-0.15, -0.1) is 11.3 Å². The van der Waals surface area contributed by atoms with Gasteiger partial charge in [0.1, 0.15) is 0 Å². The quantitative estimate of drug-likeness (QED) is 0.724. The van der Waals surface area contributed by atoms with Crippen LogP contribution in [0.25, 0.3) is 0 Å². The molecular formula is C22H21N3O2S. The van der Waals surface area contributed by atoms with Crippen LogP contribution in [0, 0.1) is 13.8 Å². The number of benzene rings is 2. The molecule has 3 aromatic rings. The second-order valence-electron chi connectivity index (χ2n) is 6.99. The van der Waals surface area contributed by atoms with Gasteiger partial charge in [0.15, 0.2) is 5.13 Å². The summed E-state index contributed by atoms with van der Waals surface area (Å²) in [6, 6.07) is 16.7. The molecule has 1 aliphatic rings. The fourth-order valence-electron chi connectivity index (χ4n) is 3.73. The number of carbonyl (C=O) groups is 2. The molecule has 142 valence electrons. The SMILES string of the molecule is Cc1nc(NC(=O)[C@H]2c3ccccc3C(=O)N(C)[C@H]2c2ccccc2)sc1C. The summed E-state index contributed by atoms with van der Waals surface area (Å²) < 4.78 is 0. The summed E-state index contributed by atoms with van der Waals surface area (Å²) in [6.07, 6.45) is 0. The van der Waals surface area contributed by atoms with Crippen molar-refractivity contribution in [2.75, 3.05) is 12.4 Å². The Morgan fingerprint density at radius 2 is 1.75 bits per heavy atom. The summed E-state index contributed by atoms with van der Waals surface area (Å²) >= 11 is 1.46. The lowest BCUT2D eigenvalue weighted by atomic mass is 9.79. The lowest BCUT2D eigenvalue weighted by Gasteiger charge is -2.39. The summed E-state index contributed by atoms with van der Waals surface area (Å²) in [7, 11) is 1.76. The predicted molar refractivity (Wildman–Crippen MR) is 111 cm³/mol. The molecule has 0 spiro atoms. The van der Waals surface area contributed by atoms with Crippen LogP contribution in [0.2, 0.25) is 0 Å². The number of carbonyl (C=O) groups excluding carboxylic acids is 2. The first-order valence-corrected chi connectivity index (χ1v) is 9.95. The molecule has 0 fully saturated rings. The van der Waals surface area contributed by atoms with E-state index in [2.05, 4.69) is 10.3 Å². The molecule has 0 unspecified atom stereocenters. The zero-order chi connectivity index (χ0) is 19.8. The smallest absolute Gasteiger partial charge is 0.254 e. The molecule has 28 heavy (non-hydrogen) atoms. The Morgan fingerprint density at radius 3 is 2.43 bits per heavy atom. The molecule has 2 aromatic carbocycles. The van der Waals surface area contributed by atoms with Crippen LogP contribution in [-0.4, -0.2) is 28.7 Å². The van der Waals surface area contributed by atoms with Crippen LogP contribution in [0.4, 0.5) is 5.13 Å². The summed E-state index contributed by atoms with van der Waals surface area (Å²) in [5, 5.41) is 3.57. The number of thiazole rings is 1. The van der Waals surface area contributed by atoms with Gasteiger partial charge in [-0.25, -0.2) is 4.98 Å². The van der Waals surface area contributed by atoms with Crippen molar-refractivity contribution in [3.63, 3.8) is 0 Å². The van der Waals surface area contributed by atoms with Crippen molar-refractivity contribution < 1.29 is 9.59 Å². The minimum Gasteiger partial charge on any atom is -0.334 e. The number of likely N-dealkylation sites (N-methyl/N-ethyl adjacent to an activating group) is 1. The molecule has 6 heteroatoms. The Hall–Kier alpha value is -2.99. The van der Waals surface area contributed by atoms with E-state index in [1.54, 1.807) is 18.0 Å². The molecule has 5 nitrogen and oxygen atoms in total. The Labute approximate surface area is 168 Å². The summed E-state index contributed by atoms with van der Waals surface area (Å²) in [4.78, 5) is 33.5. The first kappa shape index (κ1) is 18.4. The normalized spacial score (nSPS) is 18.7. The maximum Gasteiger partial charge on any atom is 0.254 e. The highest BCUT2D eigenvalue weighted by atomic mass is 32.1. The van der Waals surface area contributed by atoms with E-state index in [1.807, 2.05) is 62.4 Å². The van der Waals surface area contributed by atoms with E-state index in [1.165, 1.54) is 11.3 Å². The third-order valence-corrected chi connectivity index (χ3v) is 6.25. The second-order valence-corrected chi connectivity index (χ2v) is 8.19. The largest absolute Gasteiger partial charge is 0.334 e. The summed E-state index contributed by atoms with van der Waals surface area (Å²) in [5.41, 5.74) is 3.17. The Morgan fingerprint density at radius 1 is 1.07 bits per heavy atom. The molecular weight excluding hydrogens is 370 g/mol. The molecule has 2 amide bonds. The Bertz CT molecular complexity index is 1030. The Balaban J connectivity index is 1.80. The van der Waals surface area contributed by atoms with E-state index >= 15 is 0 Å². The van der Waals surface area contributed by atoms with Crippen molar-refractivity contribution in [1.29, 1.82) is 0 Å². The molecule has 0 aliphatic carbocycles. The van der Waals surface area contributed by atoms with E-state index in [0.717, 1.165) is 21.7 Å². The van der Waals surface area contributed by atoms with E-state index in [9.17, 15) is 9.59 Å². The monoisotopic (exact) mass is 391 g/mol. The summed E-state index contributed by atoms with van der Waals surface area (Å²) in [6.45, 7) is 3.91. The number of aromatic nitrogens is 1. The number of fused-ring (bicyclic) bond motifs is 1. The third kappa shape index (κ3) is 3.10. The molecule has 0 saturated heterocycles. The average Bonchev–Trinajstić information content (AvgIpc) is 3.02.